The van der Waals surface area contributed by atoms with Gasteiger partial charge in [-0.1, -0.05) is 0 Å². The molecule has 0 unspecified atom stereocenters. The molecule has 3 rings (SSSR count). The van der Waals surface area contributed by atoms with Crippen molar-refractivity contribution in [3.63, 3.8) is 0 Å². The number of hydrogen-bond donors (Lipinski definition) is 1. The van der Waals surface area contributed by atoms with Gasteiger partial charge in [-0.25, -0.2) is 0 Å². The van der Waals surface area contributed by atoms with Crippen LogP contribution in [0.25, 0.3) is 0 Å². The van der Waals surface area contributed by atoms with Crippen molar-refractivity contribution in [1.29, 1.82) is 0 Å². The van der Waals surface area contributed by atoms with E-state index < -0.39 is 0 Å². The normalized spacial score (nSPS) is 29.7. The molecule has 2 atom stereocenters. The van der Waals surface area contributed by atoms with Crippen molar-refractivity contribution in [2.24, 2.45) is 0 Å². The van der Waals surface area contributed by atoms with Crippen LogP contribution in [0.5, 0.6) is 0 Å². The van der Waals surface area contributed by atoms with Gasteiger partial charge < -0.3 is 9.52 Å². The van der Waals surface area contributed by atoms with E-state index in [4.69, 9.17) is 16.0 Å². The molecule has 18 heavy (non-hydrogen) atoms. The minimum atomic E-state index is 0.206. The summed E-state index contributed by atoms with van der Waals surface area (Å²) in [5.41, 5.74) is 0. The van der Waals surface area contributed by atoms with Crippen LogP contribution in [0.4, 0.5) is 0 Å². The highest BCUT2D eigenvalue weighted by molar-refractivity contribution is 6.28. The van der Waals surface area contributed by atoms with Crippen molar-refractivity contribution < 1.29 is 9.52 Å². The average molecular weight is 271 g/mol. The number of aliphatic hydroxyl groups is 1. The van der Waals surface area contributed by atoms with Crippen LogP contribution in [0.1, 0.15) is 18.6 Å². The van der Waals surface area contributed by atoms with Gasteiger partial charge in [-0.05, 0) is 43.1 Å². The maximum atomic E-state index is 9.54. The number of aliphatic hydroxyl groups excluding tert-OH is 1. The first-order valence-corrected chi connectivity index (χ1v) is 6.97. The molecule has 0 amide bonds. The summed E-state index contributed by atoms with van der Waals surface area (Å²) in [4.78, 5) is 4.83. The molecule has 4 nitrogen and oxygen atoms in total. The number of halogens is 1. The summed E-state index contributed by atoms with van der Waals surface area (Å²) in [6.07, 6.45) is 2.55. The zero-order valence-electron chi connectivity index (χ0n) is 10.4. The van der Waals surface area contributed by atoms with Crippen LogP contribution in [-0.4, -0.2) is 53.2 Å². The molecule has 0 bridgehead atoms. The van der Waals surface area contributed by atoms with Gasteiger partial charge in [0.1, 0.15) is 5.76 Å². The van der Waals surface area contributed by atoms with E-state index in [1.54, 1.807) is 6.07 Å². The van der Waals surface area contributed by atoms with Crippen molar-refractivity contribution >= 4 is 11.6 Å². The van der Waals surface area contributed by atoms with Crippen LogP contribution in [-0.2, 0) is 6.54 Å². The second-order valence-corrected chi connectivity index (χ2v) is 5.64. The summed E-state index contributed by atoms with van der Waals surface area (Å²) in [5.74, 6) is 0.880. The van der Waals surface area contributed by atoms with Gasteiger partial charge in [-0.2, -0.15) is 0 Å². The van der Waals surface area contributed by atoms with E-state index >= 15 is 0 Å². The SMILES string of the molecule is OC[C@H]1CN2CCC[C@H]2CN1Cc1ccc(Cl)o1. The van der Waals surface area contributed by atoms with E-state index in [1.165, 1.54) is 19.4 Å². The molecule has 0 aliphatic carbocycles. The van der Waals surface area contributed by atoms with E-state index in [0.717, 1.165) is 25.4 Å². The fourth-order valence-electron chi connectivity index (χ4n) is 3.15. The maximum Gasteiger partial charge on any atom is 0.193 e. The molecule has 2 saturated heterocycles. The zero-order valence-corrected chi connectivity index (χ0v) is 11.1. The lowest BCUT2D eigenvalue weighted by Gasteiger charge is -2.42. The minimum absolute atomic E-state index is 0.206. The topological polar surface area (TPSA) is 39.9 Å². The first-order chi connectivity index (χ1) is 8.76. The fourth-order valence-corrected chi connectivity index (χ4v) is 3.31. The van der Waals surface area contributed by atoms with Crippen molar-refractivity contribution in [3.8, 4) is 0 Å². The molecule has 1 N–H and O–H groups in total. The Hall–Kier alpha value is -0.550. The summed E-state index contributed by atoms with van der Waals surface area (Å²) in [7, 11) is 0. The standard InChI is InChI=1S/C13H19ClN2O2/c14-13-4-3-12(18-13)8-16-6-10-2-1-5-15(10)7-11(16)9-17/h3-4,10-11,17H,1-2,5-9H2/t10-,11+/m0/s1. The fraction of sp³-hybridized carbons (Fsp3) is 0.692. The van der Waals surface area contributed by atoms with Gasteiger partial charge in [0.05, 0.1) is 13.2 Å². The van der Waals surface area contributed by atoms with Crippen molar-refractivity contribution in [2.75, 3.05) is 26.2 Å². The molecule has 1 aromatic heterocycles. The second-order valence-electron chi connectivity index (χ2n) is 5.26. The Morgan fingerprint density at radius 3 is 3.00 bits per heavy atom. The summed E-state index contributed by atoms with van der Waals surface area (Å²) < 4.78 is 5.42. The summed E-state index contributed by atoms with van der Waals surface area (Å²) in [6.45, 7) is 4.11. The van der Waals surface area contributed by atoms with Crippen LogP contribution in [0.3, 0.4) is 0 Å². The quantitative estimate of drug-likeness (QED) is 0.905. The minimum Gasteiger partial charge on any atom is -0.448 e. The predicted octanol–water partition coefficient (Wildman–Crippen LogP) is 1.57. The van der Waals surface area contributed by atoms with Crippen molar-refractivity contribution in [1.82, 2.24) is 9.80 Å². The van der Waals surface area contributed by atoms with Gasteiger partial charge in [-0.3, -0.25) is 9.80 Å². The summed E-state index contributed by atoms with van der Waals surface area (Å²) >= 11 is 5.79. The Labute approximate surface area is 112 Å². The Balaban J connectivity index is 1.69. The number of hydrogen-bond acceptors (Lipinski definition) is 4. The van der Waals surface area contributed by atoms with Crippen molar-refractivity contribution in [3.05, 3.63) is 23.1 Å². The lowest BCUT2D eigenvalue weighted by Crippen LogP contribution is -2.56. The number of nitrogens with zero attached hydrogens (tertiary/aromatic N) is 2. The smallest absolute Gasteiger partial charge is 0.193 e. The van der Waals surface area contributed by atoms with Gasteiger partial charge in [0.2, 0.25) is 0 Å². The van der Waals surface area contributed by atoms with Crippen LogP contribution < -0.4 is 0 Å². The number of piperazine rings is 1. The van der Waals surface area contributed by atoms with Crippen LogP contribution in [0.15, 0.2) is 16.5 Å². The van der Waals surface area contributed by atoms with Gasteiger partial charge in [0.25, 0.3) is 0 Å². The molecule has 0 radical (unpaired) electrons. The molecule has 100 valence electrons. The largest absolute Gasteiger partial charge is 0.448 e. The molecule has 5 heteroatoms. The molecule has 0 saturated carbocycles. The molecule has 2 aliphatic rings. The molecular formula is C13H19ClN2O2. The van der Waals surface area contributed by atoms with Gasteiger partial charge >= 0.3 is 0 Å². The first kappa shape index (κ1) is 12.5. The van der Waals surface area contributed by atoms with E-state index in [-0.39, 0.29) is 12.6 Å². The number of fused-ring (bicyclic) bond motifs is 1. The lowest BCUT2D eigenvalue weighted by atomic mass is 10.1. The van der Waals surface area contributed by atoms with E-state index in [0.29, 0.717) is 11.3 Å². The summed E-state index contributed by atoms with van der Waals surface area (Å²) in [6, 6.07) is 4.55. The third-order valence-corrected chi connectivity index (χ3v) is 4.31. The highest BCUT2D eigenvalue weighted by Crippen LogP contribution is 2.26. The van der Waals surface area contributed by atoms with Crippen LogP contribution in [0.2, 0.25) is 5.22 Å². The van der Waals surface area contributed by atoms with Gasteiger partial charge in [-0.15, -0.1) is 0 Å². The number of rotatable bonds is 3. The summed E-state index contributed by atoms with van der Waals surface area (Å²) in [5, 5.41) is 9.97. The molecule has 3 heterocycles. The Morgan fingerprint density at radius 2 is 2.28 bits per heavy atom. The Morgan fingerprint density at radius 1 is 1.39 bits per heavy atom. The molecule has 2 fully saturated rings. The molecule has 2 aliphatic heterocycles. The third-order valence-electron chi connectivity index (χ3n) is 4.10. The lowest BCUT2D eigenvalue weighted by molar-refractivity contribution is 0.0134. The molecule has 1 aromatic rings. The van der Waals surface area contributed by atoms with Crippen LogP contribution in [0, 0.1) is 0 Å². The predicted molar refractivity (Wildman–Crippen MR) is 69.6 cm³/mol. The Kier molecular flexibility index (Phi) is 3.61. The second kappa shape index (κ2) is 5.21. The Bertz CT molecular complexity index is 409. The highest BCUT2D eigenvalue weighted by Gasteiger charge is 2.36. The molecule has 0 spiro atoms. The van der Waals surface area contributed by atoms with Crippen molar-refractivity contribution in [2.45, 2.75) is 31.5 Å². The number of furan rings is 1. The van der Waals surface area contributed by atoms with E-state index in [9.17, 15) is 5.11 Å². The van der Waals surface area contributed by atoms with Crippen LogP contribution >= 0.6 is 11.6 Å². The third kappa shape index (κ3) is 2.43. The zero-order chi connectivity index (χ0) is 12.5. The highest BCUT2D eigenvalue weighted by atomic mass is 35.5. The average Bonchev–Trinajstić information content (AvgIpc) is 2.97. The van der Waals surface area contributed by atoms with Gasteiger partial charge in [0.15, 0.2) is 5.22 Å². The van der Waals surface area contributed by atoms with E-state index in [2.05, 4.69) is 9.80 Å². The van der Waals surface area contributed by atoms with E-state index in [1.807, 2.05) is 6.07 Å². The molecule has 0 aromatic carbocycles. The first-order valence-electron chi connectivity index (χ1n) is 6.59. The van der Waals surface area contributed by atoms with Gasteiger partial charge in [0, 0.05) is 25.2 Å². The monoisotopic (exact) mass is 270 g/mol. The maximum absolute atomic E-state index is 9.54. The molecular weight excluding hydrogens is 252 g/mol.